The molecule has 0 saturated heterocycles. The first-order valence-electron chi connectivity index (χ1n) is 5.03. The zero-order valence-electron chi connectivity index (χ0n) is 9.01. The zero-order valence-corrected chi connectivity index (χ0v) is 9.01. The average molecular weight is 218 g/mol. The van der Waals surface area contributed by atoms with Crippen LogP contribution in [-0.4, -0.2) is 27.4 Å². The van der Waals surface area contributed by atoms with Gasteiger partial charge in [0.1, 0.15) is 5.82 Å². The number of nitrogens with one attached hydrogen (secondary N) is 2. The highest BCUT2D eigenvalue weighted by atomic mass is 15.3. The van der Waals surface area contributed by atoms with E-state index in [1.807, 2.05) is 19.2 Å². The molecule has 1 atom stereocenters. The maximum atomic E-state index is 5.79. The predicted octanol–water partition coefficient (Wildman–Crippen LogP) is 0.285. The van der Waals surface area contributed by atoms with Crippen molar-refractivity contribution in [1.82, 2.24) is 25.7 Å². The molecule has 0 spiro atoms. The summed E-state index contributed by atoms with van der Waals surface area (Å²) >= 11 is 0. The molecule has 4 N–H and O–H groups in total. The van der Waals surface area contributed by atoms with Crippen LogP contribution < -0.4 is 11.1 Å². The quantitative estimate of drug-likeness (QED) is 0.685. The maximum absolute atomic E-state index is 5.79. The van der Waals surface area contributed by atoms with E-state index in [1.165, 1.54) is 0 Å². The lowest BCUT2D eigenvalue weighted by molar-refractivity contribution is 0.574. The molecule has 0 aromatic carbocycles. The molecule has 0 radical (unpaired) electrons. The molecule has 2 aromatic rings. The Kier molecular flexibility index (Phi) is 3.11. The average Bonchev–Trinajstić information content (AvgIpc) is 2.81. The monoisotopic (exact) mass is 218 g/mol. The molecule has 16 heavy (non-hydrogen) atoms. The molecular weight excluding hydrogens is 204 g/mol. The normalized spacial score (nSPS) is 12.6. The topological polar surface area (TPSA) is 92.5 Å². The summed E-state index contributed by atoms with van der Waals surface area (Å²) in [4.78, 5) is 4.05. The summed E-state index contributed by atoms with van der Waals surface area (Å²) in [5.41, 5.74) is 7.67. The predicted molar refractivity (Wildman–Crippen MR) is 60.5 cm³/mol. The summed E-state index contributed by atoms with van der Waals surface area (Å²) < 4.78 is 0. The highest BCUT2D eigenvalue weighted by Crippen LogP contribution is 2.17. The number of aromatic nitrogens is 4. The van der Waals surface area contributed by atoms with Crippen LogP contribution in [0.1, 0.15) is 17.3 Å². The summed E-state index contributed by atoms with van der Waals surface area (Å²) in [5.74, 6) is 0.561. The Balaban J connectivity index is 2.17. The van der Waals surface area contributed by atoms with Crippen molar-refractivity contribution in [3.63, 3.8) is 0 Å². The van der Waals surface area contributed by atoms with Gasteiger partial charge in [0.25, 0.3) is 0 Å². The van der Waals surface area contributed by atoms with Crippen LogP contribution in [0.25, 0.3) is 0 Å². The minimum atomic E-state index is 0.0882. The van der Waals surface area contributed by atoms with Gasteiger partial charge in [-0.2, -0.15) is 15.4 Å². The number of nitrogens with two attached hydrogens (primary N) is 1. The minimum absolute atomic E-state index is 0.0882. The fourth-order valence-corrected chi connectivity index (χ4v) is 1.58. The van der Waals surface area contributed by atoms with Gasteiger partial charge in [0.15, 0.2) is 0 Å². The number of anilines is 1. The smallest absolute Gasteiger partial charge is 0.126 e. The second-order valence-electron chi connectivity index (χ2n) is 3.49. The van der Waals surface area contributed by atoms with Crippen molar-refractivity contribution in [2.75, 3.05) is 12.8 Å². The molecule has 0 saturated carbocycles. The third-order valence-corrected chi connectivity index (χ3v) is 2.49. The van der Waals surface area contributed by atoms with Gasteiger partial charge in [-0.3, -0.25) is 0 Å². The number of hydrogen-bond acceptors (Lipinski definition) is 5. The van der Waals surface area contributed by atoms with Crippen molar-refractivity contribution in [2.24, 2.45) is 0 Å². The van der Waals surface area contributed by atoms with Crippen LogP contribution >= 0.6 is 0 Å². The van der Waals surface area contributed by atoms with Gasteiger partial charge in [-0.1, -0.05) is 6.07 Å². The fraction of sp³-hybridized carbons (Fsp3) is 0.300. The van der Waals surface area contributed by atoms with Gasteiger partial charge < -0.3 is 11.1 Å². The number of hydrogen-bond donors (Lipinski definition) is 3. The lowest BCUT2D eigenvalue weighted by Crippen LogP contribution is -2.20. The van der Waals surface area contributed by atoms with Crippen LogP contribution in [0.3, 0.4) is 0 Å². The molecule has 2 heterocycles. The van der Waals surface area contributed by atoms with Crippen molar-refractivity contribution in [3.05, 3.63) is 35.8 Å². The molecule has 2 rings (SSSR count). The SMILES string of the molecule is CNC(Cc1cccnc1N)c1cn[nH]n1. The second kappa shape index (κ2) is 4.71. The Morgan fingerprint density at radius 3 is 3.06 bits per heavy atom. The Morgan fingerprint density at radius 2 is 2.44 bits per heavy atom. The Bertz CT molecular complexity index is 438. The molecule has 6 heteroatoms. The zero-order chi connectivity index (χ0) is 11.4. The fourth-order valence-electron chi connectivity index (χ4n) is 1.58. The van der Waals surface area contributed by atoms with Crippen LogP contribution in [0.15, 0.2) is 24.5 Å². The van der Waals surface area contributed by atoms with Gasteiger partial charge >= 0.3 is 0 Å². The molecule has 6 nitrogen and oxygen atoms in total. The molecule has 0 bridgehead atoms. The highest BCUT2D eigenvalue weighted by molar-refractivity contribution is 5.39. The minimum Gasteiger partial charge on any atom is -0.383 e. The summed E-state index contributed by atoms with van der Waals surface area (Å²) in [6.07, 6.45) is 4.12. The first-order valence-corrected chi connectivity index (χ1v) is 5.03. The highest BCUT2D eigenvalue weighted by Gasteiger charge is 2.14. The molecule has 2 aromatic heterocycles. The van der Waals surface area contributed by atoms with Crippen LogP contribution in [0, 0.1) is 0 Å². The van der Waals surface area contributed by atoms with Gasteiger partial charge in [-0.15, -0.1) is 0 Å². The number of nitrogens with zero attached hydrogens (tertiary/aromatic N) is 3. The van der Waals surface area contributed by atoms with Crippen LogP contribution in [-0.2, 0) is 6.42 Å². The number of likely N-dealkylation sites (N-methyl/N-ethyl adjacent to an activating group) is 1. The van der Waals surface area contributed by atoms with E-state index in [4.69, 9.17) is 5.73 Å². The third kappa shape index (κ3) is 2.17. The van der Waals surface area contributed by atoms with E-state index >= 15 is 0 Å². The van der Waals surface area contributed by atoms with E-state index in [0.29, 0.717) is 5.82 Å². The summed E-state index contributed by atoms with van der Waals surface area (Å²) in [5, 5.41) is 13.6. The first kappa shape index (κ1) is 10.6. The Morgan fingerprint density at radius 1 is 1.56 bits per heavy atom. The number of pyridine rings is 1. The standard InChI is InChI=1S/C10H14N6/c1-12-8(9-6-14-16-15-9)5-7-3-2-4-13-10(7)11/h2-4,6,8,12H,5H2,1H3,(H2,11,13)(H,14,15,16). The van der Waals surface area contributed by atoms with Crippen molar-refractivity contribution < 1.29 is 0 Å². The lowest BCUT2D eigenvalue weighted by Gasteiger charge is -2.13. The molecule has 84 valence electrons. The Labute approximate surface area is 93.3 Å². The maximum Gasteiger partial charge on any atom is 0.126 e. The van der Waals surface area contributed by atoms with Crippen LogP contribution in [0.2, 0.25) is 0 Å². The van der Waals surface area contributed by atoms with Gasteiger partial charge in [0, 0.05) is 6.20 Å². The molecular formula is C10H14N6. The van der Waals surface area contributed by atoms with E-state index < -0.39 is 0 Å². The van der Waals surface area contributed by atoms with Gasteiger partial charge in [-0.05, 0) is 25.1 Å². The summed E-state index contributed by atoms with van der Waals surface area (Å²) in [7, 11) is 1.88. The van der Waals surface area contributed by atoms with Crippen molar-refractivity contribution in [2.45, 2.75) is 12.5 Å². The molecule has 0 aliphatic rings. The summed E-state index contributed by atoms with van der Waals surface area (Å²) in [6, 6.07) is 3.93. The van der Waals surface area contributed by atoms with Crippen molar-refractivity contribution in [3.8, 4) is 0 Å². The Hall–Kier alpha value is -1.95. The lowest BCUT2D eigenvalue weighted by atomic mass is 10.0. The number of nitrogen functional groups attached to an aromatic ring is 1. The van der Waals surface area contributed by atoms with Gasteiger partial charge in [0.2, 0.25) is 0 Å². The molecule has 1 unspecified atom stereocenters. The molecule has 0 fully saturated rings. The molecule has 0 amide bonds. The third-order valence-electron chi connectivity index (χ3n) is 2.49. The van der Waals surface area contributed by atoms with E-state index in [2.05, 4.69) is 25.7 Å². The van der Waals surface area contributed by atoms with E-state index in [0.717, 1.165) is 17.7 Å². The largest absolute Gasteiger partial charge is 0.383 e. The number of rotatable bonds is 4. The van der Waals surface area contributed by atoms with Gasteiger partial charge in [0.05, 0.1) is 17.9 Å². The van der Waals surface area contributed by atoms with E-state index in [9.17, 15) is 0 Å². The molecule has 0 aliphatic carbocycles. The van der Waals surface area contributed by atoms with Gasteiger partial charge in [-0.25, -0.2) is 4.98 Å². The second-order valence-corrected chi connectivity index (χ2v) is 3.49. The van der Waals surface area contributed by atoms with E-state index in [1.54, 1.807) is 12.4 Å². The van der Waals surface area contributed by atoms with Crippen molar-refractivity contribution >= 4 is 5.82 Å². The number of H-pyrrole nitrogens is 1. The first-order chi connectivity index (χ1) is 7.81. The molecule has 0 aliphatic heterocycles. The summed E-state index contributed by atoms with van der Waals surface area (Å²) in [6.45, 7) is 0. The number of aromatic amines is 1. The van der Waals surface area contributed by atoms with Crippen LogP contribution in [0.5, 0.6) is 0 Å². The van der Waals surface area contributed by atoms with E-state index in [-0.39, 0.29) is 6.04 Å². The van der Waals surface area contributed by atoms with Crippen molar-refractivity contribution in [1.29, 1.82) is 0 Å². The van der Waals surface area contributed by atoms with Crippen LogP contribution in [0.4, 0.5) is 5.82 Å².